The lowest BCUT2D eigenvalue weighted by Crippen LogP contribution is -2.72. The molecule has 2 heterocycles. The van der Waals surface area contributed by atoms with Crippen LogP contribution >= 0.6 is 0 Å². The number of nitrogens with two attached hydrogens (primary N) is 1. The first kappa shape index (κ1) is 11.0. The van der Waals surface area contributed by atoms with Crippen LogP contribution in [0.5, 0.6) is 0 Å². The summed E-state index contributed by atoms with van der Waals surface area (Å²) < 4.78 is 0. The fraction of sp³-hybridized carbons (Fsp3) is 1.00. The Morgan fingerprint density at radius 1 is 1.12 bits per heavy atom. The second-order valence-corrected chi connectivity index (χ2v) is 7.25. The Morgan fingerprint density at radius 3 is 2.06 bits per heavy atom. The lowest BCUT2D eigenvalue weighted by Gasteiger charge is -2.60. The topological polar surface area (TPSA) is 58.3 Å². The Labute approximate surface area is 97.8 Å². The van der Waals surface area contributed by atoms with E-state index in [2.05, 4.69) is 19.2 Å². The van der Waals surface area contributed by atoms with Crippen molar-refractivity contribution in [2.45, 2.75) is 75.6 Å². The summed E-state index contributed by atoms with van der Waals surface area (Å²) in [6, 6.07) is 1.01. The van der Waals surface area contributed by atoms with Gasteiger partial charge < -0.3 is 16.2 Å². The quantitative estimate of drug-likeness (QED) is 0.626. The van der Waals surface area contributed by atoms with Crippen LogP contribution in [0.15, 0.2) is 0 Å². The number of hydrogen-bond acceptors (Lipinski definition) is 3. The van der Waals surface area contributed by atoms with Crippen molar-refractivity contribution in [3.8, 4) is 0 Å². The molecule has 0 aromatic heterocycles. The van der Waals surface area contributed by atoms with Gasteiger partial charge in [-0.05, 0) is 43.9 Å². The number of piperidine rings is 1. The average Bonchev–Trinajstić information content (AvgIpc) is 2.42. The van der Waals surface area contributed by atoms with E-state index in [9.17, 15) is 5.11 Å². The maximum absolute atomic E-state index is 10.9. The average molecular weight is 224 g/mol. The molecule has 1 saturated carbocycles. The van der Waals surface area contributed by atoms with E-state index in [1.165, 1.54) is 12.8 Å². The van der Waals surface area contributed by atoms with Crippen molar-refractivity contribution in [1.82, 2.24) is 5.32 Å². The highest BCUT2D eigenvalue weighted by molar-refractivity contribution is 5.18. The van der Waals surface area contributed by atoms with Gasteiger partial charge in [0.05, 0.1) is 5.60 Å². The van der Waals surface area contributed by atoms with Gasteiger partial charge in [0, 0.05) is 17.6 Å². The third-order valence-corrected chi connectivity index (χ3v) is 5.02. The normalized spacial score (nSPS) is 48.8. The summed E-state index contributed by atoms with van der Waals surface area (Å²) in [7, 11) is 0. The molecule has 2 bridgehead atoms. The van der Waals surface area contributed by atoms with Crippen LogP contribution in [-0.2, 0) is 0 Å². The van der Waals surface area contributed by atoms with E-state index in [0.717, 1.165) is 25.7 Å². The molecule has 0 aromatic carbocycles. The second kappa shape index (κ2) is 3.01. The molecule has 2 atom stereocenters. The Hall–Kier alpha value is -0.120. The van der Waals surface area contributed by atoms with Crippen LogP contribution in [0.3, 0.4) is 0 Å². The van der Waals surface area contributed by atoms with Gasteiger partial charge in [-0.25, -0.2) is 0 Å². The van der Waals surface area contributed by atoms with Crippen molar-refractivity contribution in [2.24, 2.45) is 11.1 Å². The van der Waals surface area contributed by atoms with Crippen LogP contribution in [0.2, 0.25) is 0 Å². The fourth-order valence-electron chi connectivity index (χ4n) is 4.51. The molecule has 0 amide bonds. The van der Waals surface area contributed by atoms with Crippen LogP contribution in [-0.4, -0.2) is 28.3 Å². The zero-order valence-electron chi connectivity index (χ0n) is 10.4. The van der Waals surface area contributed by atoms with Gasteiger partial charge in [-0.2, -0.15) is 0 Å². The van der Waals surface area contributed by atoms with Gasteiger partial charge in [0.2, 0.25) is 0 Å². The van der Waals surface area contributed by atoms with Crippen LogP contribution in [0.25, 0.3) is 0 Å². The predicted octanol–water partition coefficient (Wildman–Crippen LogP) is 1.15. The smallest absolute Gasteiger partial charge is 0.0856 e. The van der Waals surface area contributed by atoms with Gasteiger partial charge in [0.15, 0.2) is 0 Å². The van der Waals surface area contributed by atoms with Crippen molar-refractivity contribution in [2.75, 3.05) is 0 Å². The van der Waals surface area contributed by atoms with Crippen LogP contribution in [0.4, 0.5) is 0 Å². The zero-order valence-corrected chi connectivity index (χ0v) is 10.4. The molecule has 92 valence electrons. The van der Waals surface area contributed by atoms with E-state index in [0.29, 0.717) is 17.5 Å². The fourth-order valence-corrected chi connectivity index (χ4v) is 4.51. The first-order valence-electron chi connectivity index (χ1n) is 6.59. The van der Waals surface area contributed by atoms with Gasteiger partial charge in [-0.15, -0.1) is 0 Å². The molecular formula is C13H24N2O. The SMILES string of the molecule is CC1(C)CC(N)(C2(O)CC3CCC(C2)N3)C1. The molecule has 0 aromatic rings. The monoisotopic (exact) mass is 224 g/mol. The van der Waals surface area contributed by atoms with E-state index < -0.39 is 5.60 Å². The molecule has 2 unspecified atom stereocenters. The van der Waals surface area contributed by atoms with E-state index in [-0.39, 0.29) is 5.54 Å². The molecule has 1 aliphatic carbocycles. The van der Waals surface area contributed by atoms with Crippen molar-refractivity contribution < 1.29 is 5.11 Å². The van der Waals surface area contributed by atoms with Crippen molar-refractivity contribution >= 4 is 0 Å². The summed E-state index contributed by atoms with van der Waals surface area (Å²) >= 11 is 0. The maximum atomic E-state index is 10.9. The molecule has 3 fully saturated rings. The number of nitrogens with one attached hydrogen (secondary N) is 1. The van der Waals surface area contributed by atoms with Crippen molar-refractivity contribution in [1.29, 1.82) is 0 Å². The highest BCUT2D eigenvalue weighted by atomic mass is 16.3. The molecule has 3 heteroatoms. The van der Waals surface area contributed by atoms with Gasteiger partial charge in [-0.1, -0.05) is 13.8 Å². The van der Waals surface area contributed by atoms with Crippen molar-refractivity contribution in [3.63, 3.8) is 0 Å². The molecule has 0 spiro atoms. The van der Waals surface area contributed by atoms with Gasteiger partial charge in [-0.3, -0.25) is 0 Å². The van der Waals surface area contributed by atoms with Gasteiger partial charge in [0.25, 0.3) is 0 Å². The Bertz CT molecular complexity index is 293. The van der Waals surface area contributed by atoms with Crippen molar-refractivity contribution in [3.05, 3.63) is 0 Å². The van der Waals surface area contributed by atoms with E-state index in [1.54, 1.807) is 0 Å². The van der Waals surface area contributed by atoms with Gasteiger partial charge in [0.1, 0.15) is 0 Å². The molecule has 0 radical (unpaired) electrons. The minimum absolute atomic E-state index is 0.320. The molecule has 3 aliphatic rings. The van der Waals surface area contributed by atoms with Crippen LogP contribution in [0, 0.1) is 5.41 Å². The van der Waals surface area contributed by atoms with E-state index in [4.69, 9.17) is 5.73 Å². The second-order valence-electron chi connectivity index (χ2n) is 7.25. The molecule has 3 nitrogen and oxygen atoms in total. The summed E-state index contributed by atoms with van der Waals surface area (Å²) in [6.07, 6.45) is 6.08. The Kier molecular flexibility index (Phi) is 2.07. The predicted molar refractivity (Wildman–Crippen MR) is 64.1 cm³/mol. The first-order valence-corrected chi connectivity index (χ1v) is 6.59. The lowest BCUT2D eigenvalue weighted by atomic mass is 9.51. The maximum Gasteiger partial charge on any atom is 0.0856 e. The summed E-state index contributed by atoms with van der Waals surface area (Å²) in [4.78, 5) is 0. The lowest BCUT2D eigenvalue weighted by molar-refractivity contribution is -0.138. The molecule has 2 saturated heterocycles. The summed E-state index contributed by atoms with van der Waals surface area (Å²) in [5.41, 5.74) is 5.86. The zero-order chi connectivity index (χ0) is 11.6. The highest BCUT2D eigenvalue weighted by Gasteiger charge is 2.61. The Balaban J connectivity index is 1.79. The minimum atomic E-state index is -0.612. The molecule has 2 aliphatic heterocycles. The summed E-state index contributed by atoms with van der Waals surface area (Å²) in [5.74, 6) is 0. The third-order valence-electron chi connectivity index (χ3n) is 5.02. The van der Waals surface area contributed by atoms with Gasteiger partial charge >= 0.3 is 0 Å². The molecule has 4 N–H and O–H groups in total. The Morgan fingerprint density at radius 2 is 1.62 bits per heavy atom. The molecule has 16 heavy (non-hydrogen) atoms. The third kappa shape index (κ3) is 1.45. The first-order chi connectivity index (χ1) is 7.32. The van der Waals surface area contributed by atoms with Crippen LogP contribution in [0.1, 0.15) is 52.4 Å². The number of fused-ring (bicyclic) bond motifs is 2. The van der Waals surface area contributed by atoms with E-state index >= 15 is 0 Å². The highest BCUT2D eigenvalue weighted by Crippen LogP contribution is 2.55. The standard InChI is InChI=1S/C13H24N2O/c1-11(2)7-12(14,8-11)13(16)5-9-3-4-10(6-13)15-9/h9-10,15-16H,3-8,14H2,1-2H3. The summed E-state index contributed by atoms with van der Waals surface area (Å²) in [5, 5.41) is 14.5. The number of rotatable bonds is 1. The largest absolute Gasteiger partial charge is 0.388 e. The number of hydrogen-bond donors (Lipinski definition) is 3. The van der Waals surface area contributed by atoms with Crippen LogP contribution < -0.4 is 11.1 Å². The summed E-state index contributed by atoms with van der Waals surface area (Å²) in [6.45, 7) is 4.49. The molecular weight excluding hydrogens is 200 g/mol. The van der Waals surface area contributed by atoms with E-state index in [1.807, 2.05) is 0 Å². The minimum Gasteiger partial charge on any atom is -0.388 e. The molecule has 3 rings (SSSR count). The number of aliphatic hydroxyl groups is 1.